The largest absolute Gasteiger partial charge is 0.294 e. The zero-order valence-electron chi connectivity index (χ0n) is 15.6. The number of hydrogen-bond acceptors (Lipinski definition) is 2. The minimum atomic E-state index is -0.366. The van der Waals surface area contributed by atoms with E-state index >= 15 is 0 Å². The topological polar surface area (TPSA) is 45.8 Å². The van der Waals surface area contributed by atoms with Gasteiger partial charge in [0.15, 0.2) is 5.78 Å². The zero-order chi connectivity index (χ0) is 17.8. The van der Waals surface area contributed by atoms with E-state index in [-0.39, 0.29) is 10.8 Å². The van der Waals surface area contributed by atoms with Gasteiger partial charge in [-0.1, -0.05) is 56.7 Å². The third kappa shape index (κ3) is 2.25. The van der Waals surface area contributed by atoms with Crippen LogP contribution in [0.15, 0.2) is 41.5 Å². The van der Waals surface area contributed by atoms with Crippen molar-refractivity contribution in [3.63, 3.8) is 0 Å². The Kier molecular flexibility index (Phi) is 3.54. The number of aryl methyl sites for hydroxylation is 1. The summed E-state index contributed by atoms with van der Waals surface area (Å²) >= 11 is 0. The lowest BCUT2D eigenvalue weighted by Crippen LogP contribution is -2.42. The Bertz CT molecular complexity index is 873. The summed E-state index contributed by atoms with van der Waals surface area (Å²) in [4.78, 5) is 13.3. The van der Waals surface area contributed by atoms with Crippen LogP contribution >= 0.6 is 0 Å². The van der Waals surface area contributed by atoms with Gasteiger partial charge in [-0.2, -0.15) is 5.10 Å². The second kappa shape index (κ2) is 5.42. The van der Waals surface area contributed by atoms with Crippen molar-refractivity contribution in [2.24, 2.45) is 5.41 Å². The summed E-state index contributed by atoms with van der Waals surface area (Å²) in [5, 5.41) is 7.81. The second-order valence-corrected chi connectivity index (χ2v) is 8.39. The number of nitrogens with one attached hydrogen (secondary N) is 1. The summed E-state index contributed by atoms with van der Waals surface area (Å²) in [7, 11) is 0. The summed E-state index contributed by atoms with van der Waals surface area (Å²) < 4.78 is 0. The van der Waals surface area contributed by atoms with E-state index < -0.39 is 0 Å². The molecule has 0 bridgehead atoms. The fourth-order valence-electron chi connectivity index (χ4n) is 5.21. The van der Waals surface area contributed by atoms with Crippen LogP contribution in [0.2, 0.25) is 0 Å². The number of carbonyl (C=O) groups excluding carboxylic acids is 1. The highest BCUT2D eigenvalue weighted by atomic mass is 16.1. The molecule has 0 aliphatic heterocycles. The van der Waals surface area contributed by atoms with Gasteiger partial charge in [-0.25, -0.2) is 0 Å². The van der Waals surface area contributed by atoms with Gasteiger partial charge in [-0.05, 0) is 30.7 Å². The maximum atomic E-state index is 13.3. The van der Waals surface area contributed by atoms with Gasteiger partial charge in [-0.3, -0.25) is 9.89 Å². The molecule has 3 heteroatoms. The fraction of sp³-hybridized carbons (Fsp3) is 0.455. The number of Topliss-reactive ketones (excluding diaryl/α,β-unsaturated/α-hetero) is 1. The molecule has 3 nitrogen and oxygen atoms in total. The van der Waals surface area contributed by atoms with Crippen LogP contribution in [-0.4, -0.2) is 16.0 Å². The molecule has 25 heavy (non-hydrogen) atoms. The monoisotopic (exact) mass is 334 g/mol. The maximum Gasteiger partial charge on any atom is 0.160 e. The van der Waals surface area contributed by atoms with Crippen molar-refractivity contribution >= 4 is 5.78 Å². The smallest absolute Gasteiger partial charge is 0.160 e. The van der Waals surface area contributed by atoms with Crippen LogP contribution in [-0.2, 0) is 16.6 Å². The van der Waals surface area contributed by atoms with E-state index in [1.165, 1.54) is 16.7 Å². The van der Waals surface area contributed by atoms with Gasteiger partial charge in [0.25, 0.3) is 0 Å². The molecular formula is C22H26N2O. The minimum absolute atomic E-state index is 0.0366. The van der Waals surface area contributed by atoms with E-state index in [1.54, 1.807) is 0 Å². The van der Waals surface area contributed by atoms with Gasteiger partial charge >= 0.3 is 0 Å². The predicted molar refractivity (Wildman–Crippen MR) is 99.6 cm³/mol. The first-order chi connectivity index (χ1) is 11.9. The molecule has 2 aliphatic rings. The number of carbonyl (C=O) groups is 1. The van der Waals surface area contributed by atoms with Crippen LogP contribution in [0.25, 0.3) is 0 Å². The number of aromatic amines is 1. The molecule has 2 aromatic rings. The normalized spacial score (nSPS) is 24.9. The van der Waals surface area contributed by atoms with Crippen LogP contribution in [0.4, 0.5) is 0 Å². The van der Waals surface area contributed by atoms with Crippen molar-refractivity contribution < 1.29 is 4.79 Å². The Morgan fingerprint density at radius 3 is 2.56 bits per heavy atom. The SMILES string of the molecule is CC[C@@]1(c2ccccc2)C2=C(Cc3n[nH]c(C)c31)CC(C)(C)CC2=O. The molecule has 4 rings (SSSR count). The highest BCUT2D eigenvalue weighted by molar-refractivity contribution is 6.01. The molecule has 0 saturated heterocycles. The molecule has 1 atom stereocenters. The van der Waals surface area contributed by atoms with Gasteiger partial charge in [0.2, 0.25) is 0 Å². The maximum absolute atomic E-state index is 13.3. The highest BCUT2D eigenvalue weighted by Gasteiger charge is 2.50. The number of allylic oxidation sites excluding steroid dienone is 2. The number of aromatic nitrogens is 2. The van der Waals surface area contributed by atoms with Crippen LogP contribution in [0.5, 0.6) is 0 Å². The number of nitrogens with zero attached hydrogens (tertiary/aromatic N) is 1. The van der Waals surface area contributed by atoms with Crippen molar-refractivity contribution in [1.82, 2.24) is 10.2 Å². The third-order valence-electron chi connectivity index (χ3n) is 6.02. The van der Waals surface area contributed by atoms with Gasteiger partial charge in [0, 0.05) is 29.7 Å². The number of ketones is 1. The Morgan fingerprint density at radius 2 is 1.88 bits per heavy atom. The van der Waals surface area contributed by atoms with Gasteiger partial charge in [-0.15, -0.1) is 0 Å². The number of fused-ring (bicyclic) bond motifs is 1. The Balaban J connectivity index is 2.06. The molecule has 2 aliphatic carbocycles. The number of H-pyrrole nitrogens is 1. The second-order valence-electron chi connectivity index (χ2n) is 8.39. The quantitative estimate of drug-likeness (QED) is 0.868. The van der Waals surface area contributed by atoms with Crippen LogP contribution in [0.3, 0.4) is 0 Å². The Morgan fingerprint density at radius 1 is 1.16 bits per heavy atom. The molecule has 1 aromatic heterocycles. The molecule has 1 N–H and O–H groups in total. The summed E-state index contributed by atoms with van der Waals surface area (Å²) in [5.41, 5.74) is 6.67. The molecule has 1 aromatic carbocycles. The lowest BCUT2D eigenvalue weighted by molar-refractivity contribution is -0.118. The zero-order valence-corrected chi connectivity index (χ0v) is 15.6. The van der Waals surface area contributed by atoms with Crippen molar-refractivity contribution in [2.45, 2.75) is 58.8 Å². The standard InChI is InChI=1S/C22H26N2O/c1-5-22(16-9-7-6-8-10-16)19-14(2)23-24-17(19)11-15-12-21(3,4)13-18(25)20(15)22/h6-10H,5,11-13H2,1-4H3,(H,23,24)/t22-/m0/s1. The average Bonchev–Trinajstić information content (AvgIpc) is 2.94. The van der Waals surface area contributed by atoms with Gasteiger partial charge < -0.3 is 0 Å². The van der Waals surface area contributed by atoms with Crippen molar-refractivity contribution in [1.29, 1.82) is 0 Å². The van der Waals surface area contributed by atoms with E-state index in [0.29, 0.717) is 12.2 Å². The summed E-state index contributed by atoms with van der Waals surface area (Å²) in [6, 6.07) is 10.5. The molecule has 0 spiro atoms. The van der Waals surface area contributed by atoms with Crippen LogP contribution in [0, 0.1) is 12.3 Å². The molecule has 0 radical (unpaired) electrons. The molecule has 130 valence electrons. The summed E-state index contributed by atoms with van der Waals surface area (Å²) in [6.45, 7) is 8.69. The summed E-state index contributed by atoms with van der Waals surface area (Å²) in [6.07, 6.45) is 3.29. The molecule has 0 saturated carbocycles. The van der Waals surface area contributed by atoms with Crippen molar-refractivity contribution in [3.8, 4) is 0 Å². The lowest BCUT2D eigenvalue weighted by Gasteiger charge is -2.45. The first-order valence-electron chi connectivity index (χ1n) is 9.24. The van der Waals surface area contributed by atoms with Crippen molar-refractivity contribution in [3.05, 3.63) is 64.0 Å². The molecule has 0 fully saturated rings. The molecule has 0 amide bonds. The summed E-state index contributed by atoms with van der Waals surface area (Å²) in [5.74, 6) is 0.322. The lowest BCUT2D eigenvalue weighted by atomic mass is 9.56. The van der Waals surface area contributed by atoms with E-state index in [1.807, 2.05) is 6.07 Å². The minimum Gasteiger partial charge on any atom is -0.294 e. The molecule has 0 unspecified atom stereocenters. The Hall–Kier alpha value is -2.16. The van der Waals surface area contributed by atoms with E-state index in [9.17, 15) is 4.79 Å². The Labute approximate surface area is 149 Å². The number of rotatable bonds is 2. The van der Waals surface area contributed by atoms with E-state index in [4.69, 9.17) is 0 Å². The van der Waals surface area contributed by atoms with Gasteiger partial charge in [0.05, 0.1) is 11.1 Å². The van der Waals surface area contributed by atoms with Gasteiger partial charge in [0.1, 0.15) is 0 Å². The molecular weight excluding hydrogens is 308 g/mol. The molecule has 1 heterocycles. The van der Waals surface area contributed by atoms with Crippen LogP contribution < -0.4 is 0 Å². The van der Waals surface area contributed by atoms with Crippen LogP contribution in [0.1, 0.15) is 62.5 Å². The predicted octanol–water partition coefficient (Wildman–Crippen LogP) is 4.66. The highest BCUT2D eigenvalue weighted by Crippen LogP contribution is 2.54. The first-order valence-corrected chi connectivity index (χ1v) is 9.24. The number of hydrogen-bond donors (Lipinski definition) is 1. The van der Waals surface area contributed by atoms with E-state index in [0.717, 1.165) is 36.2 Å². The first kappa shape index (κ1) is 16.3. The third-order valence-corrected chi connectivity index (χ3v) is 6.02. The van der Waals surface area contributed by atoms with E-state index in [2.05, 4.69) is 62.2 Å². The fourth-order valence-corrected chi connectivity index (χ4v) is 5.21. The number of benzene rings is 1. The average molecular weight is 334 g/mol. The van der Waals surface area contributed by atoms with Crippen molar-refractivity contribution in [2.75, 3.05) is 0 Å².